The molecule has 5 heterocycles. The third-order valence-electron chi connectivity index (χ3n) is 9.32. The molecule has 6 rings (SSSR count). The smallest absolute Gasteiger partial charge is 0.276 e. The van der Waals surface area contributed by atoms with Crippen molar-refractivity contribution in [3.63, 3.8) is 0 Å². The Morgan fingerprint density at radius 3 is 2.48 bits per heavy atom. The van der Waals surface area contributed by atoms with Crippen molar-refractivity contribution in [2.24, 2.45) is 5.92 Å². The van der Waals surface area contributed by atoms with E-state index < -0.39 is 0 Å². The maximum absolute atomic E-state index is 13.5. The van der Waals surface area contributed by atoms with E-state index >= 15 is 0 Å². The van der Waals surface area contributed by atoms with Crippen LogP contribution >= 0.6 is 11.8 Å². The van der Waals surface area contributed by atoms with Gasteiger partial charge < -0.3 is 20.0 Å². The molecule has 3 amide bonds. The molecule has 2 saturated heterocycles. The quantitative estimate of drug-likeness (QED) is 0.254. The summed E-state index contributed by atoms with van der Waals surface area (Å²) in [6.45, 7) is 8.78. The average Bonchev–Trinajstić information content (AvgIpc) is 3.70. The van der Waals surface area contributed by atoms with Gasteiger partial charge in [-0.15, -0.1) is 11.8 Å². The lowest BCUT2D eigenvalue weighted by Gasteiger charge is -2.38. The third-order valence-corrected chi connectivity index (χ3v) is 10.0. The van der Waals surface area contributed by atoms with E-state index in [-0.39, 0.29) is 24.3 Å². The van der Waals surface area contributed by atoms with E-state index in [1.54, 1.807) is 60.0 Å². The molecule has 2 aliphatic rings. The maximum Gasteiger partial charge on any atom is 0.276 e. The first-order chi connectivity index (χ1) is 23.2. The maximum atomic E-state index is 13.5. The number of carbonyl (C=O) groups is 3. The fourth-order valence-electron chi connectivity index (χ4n) is 6.38. The van der Waals surface area contributed by atoms with E-state index in [4.69, 9.17) is 5.10 Å². The predicted octanol–water partition coefficient (Wildman–Crippen LogP) is 2.82. The molecule has 1 aromatic carbocycles. The first-order valence-electron chi connectivity index (χ1n) is 16.4. The highest BCUT2D eigenvalue weighted by Crippen LogP contribution is 2.33. The van der Waals surface area contributed by atoms with Crippen LogP contribution < -0.4 is 5.32 Å². The molecule has 2 fully saturated rings. The van der Waals surface area contributed by atoms with Crippen LogP contribution in [0.15, 0.2) is 53.8 Å². The van der Waals surface area contributed by atoms with E-state index in [0.29, 0.717) is 48.3 Å². The molecular weight excluding hydrogens is 629 g/mol. The zero-order valence-corrected chi connectivity index (χ0v) is 28.9. The molecule has 2 aliphatic heterocycles. The lowest BCUT2D eigenvalue weighted by Crippen LogP contribution is -2.51. The number of imidazole rings is 1. The monoisotopic (exact) mass is 672 g/mol. The molecule has 14 heteroatoms. The molecule has 13 nitrogen and oxygen atoms in total. The van der Waals surface area contributed by atoms with E-state index in [9.17, 15) is 14.4 Å². The van der Waals surface area contributed by atoms with Crippen LogP contribution in [0, 0.1) is 12.8 Å². The molecule has 48 heavy (non-hydrogen) atoms. The molecule has 0 saturated carbocycles. The number of likely N-dealkylation sites (N-methyl/N-ethyl adjacent to an activating group) is 1. The van der Waals surface area contributed by atoms with Crippen LogP contribution in [0.2, 0.25) is 0 Å². The summed E-state index contributed by atoms with van der Waals surface area (Å²) < 4.78 is 3.14. The second-order valence-corrected chi connectivity index (χ2v) is 13.7. The van der Waals surface area contributed by atoms with Gasteiger partial charge in [0.15, 0.2) is 11.3 Å². The number of nitrogens with one attached hydrogen (secondary N) is 1. The summed E-state index contributed by atoms with van der Waals surface area (Å²) >= 11 is 1.63. The van der Waals surface area contributed by atoms with Gasteiger partial charge in [-0.3, -0.25) is 24.0 Å². The van der Waals surface area contributed by atoms with Gasteiger partial charge in [-0.25, -0.2) is 9.50 Å². The first-order valence-corrected chi connectivity index (χ1v) is 17.7. The number of piperazine rings is 1. The van der Waals surface area contributed by atoms with Gasteiger partial charge in [0, 0.05) is 82.8 Å². The van der Waals surface area contributed by atoms with Gasteiger partial charge >= 0.3 is 0 Å². The summed E-state index contributed by atoms with van der Waals surface area (Å²) in [5.41, 5.74) is 3.92. The van der Waals surface area contributed by atoms with Crippen LogP contribution in [0.4, 0.5) is 5.69 Å². The van der Waals surface area contributed by atoms with Crippen molar-refractivity contribution < 1.29 is 14.4 Å². The number of thioether (sulfide) groups is 1. The lowest BCUT2D eigenvalue weighted by atomic mass is 9.96. The Balaban J connectivity index is 1.09. The number of hydrogen-bond donors (Lipinski definition) is 1. The summed E-state index contributed by atoms with van der Waals surface area (Å²) in [6, 6.07) is 9.73. The number of benzene rings is 1. The predicted molar refractivity (Wildman–Crippen MR) is 186 cm³/mol. The van der Waals surface area contributed by atoms with Gasteiger partial charge in [0.2, 0.25) is 11.8 Å². The Morgan fingerprint density at radius 2 is 1.75 bits per heavy atom. The van der Waals surface area contributed by atoms with E-state index in [0.717, 1.165) is 61.6 Å². The molecule has 0 atom stereocenters. The number of amides is 3. The number of anilines is 1. The zero-order chi connectivity index (χ0) is 33.8. The topological polar surface area (TPSA) is 124 Å². The summed E-state index contributed by atoms with van der Waals surface area (Å²) in [6.07, 6.45) is 8.80. The number of aromatic nitrogens is 5. The minimum atomic E-state index is -0.363. The summed E-state index contributed by atoms with van der Waals surface area (Å²) in [7, 11) is 3.60. The summed E-state index contributed by atoms with van der Waals surface area (Å²) in [4.78, 5) is 52.7. The highest BCUT2D eigenvalue weighted by atomic mass is 32.2. The van der Waals surface area contributed by atoms with Crippen molar-refractivity contribution >= 4 is 40.8 Å². The van der Waals surface area contributed by atoms with Gasteiger partial charge in [0.05, 0.1) is 18.4 Å². The number of rotatable bonds is 10. The van der Waals surface area contributed by atoms with Crippen molar-refractivity contribution in [1.82, 2.24) is 44.0 Å². The molecule has 1 N–H and O–H groups in total. The van der Waals surface area contributed by atoms with Gasteiger partial charge in [0.25, 0.3) is 5.91 Å². The fourth-order valence-corrected chi connectivity index (χ4v) is 6.82. The number of nitrogens with zero attached hydrogens (tertiary/aromatic N) is 9. The molecule has 254 valence electrons. The zero-order valence-electron chi connectivity index (χ0n) is 28.1. The van der Waals surface area contributed by atoms with Crippen molar-refractivity contribution in [3.05, 3.63) is 60.2 Å². The number of aryl methyl sites for hydroxylation is 1. The van der Waals surface area contributed by atoms with Crippen molar-refractivity contribution in [2.45, 2.75) is 31.2 Å². The Kier molecular flexibility index (Phi) is 10.4. The first kappa shape index (κ1) is 33.6. The average molecular weight is 673 g/mol. The summed E-state index contributed by atoms with van der Waals surface area (Å²) in [5, 5.41) is 12.1. The Bertz CT molecular complexity index is 1770. The molecule has 0 unspecified atom stereocenters. The molecule has 0 aliphatic carbocycles. The SMILES string of the molecule is CSc1ccc(C)c(-c2nn(CC(=O)N3CCC(CN4CCN(CC(=O)N(C)C)CC4)CC3)cc2NC(=O)c2cnc3cccnn23)c1. The second kappa shape index (κ2) is 14.9. The van der Waals surface area contributed by atoms with Crippen molar-refractivity contribution in [2.75, 3.05) is 78.0 Å². The number of likely N-dealkylation sites (tertiary alicyclic amines) is 1. The summed E-state index contributed by atoms with van der Waals surface area (Å²) in [5.74, 6) is 0.342. The van der Waals surface area contributed by atoms with E-state index in [2.05, 4.69) is 37.3 Å². The highest BCUT2D eigenvalue weighted by Gasteiger charge is 2.27. The van der Waals surface area contributed by atoms with Crippen molar-refractivity contribution in [3.8, 4) is 11.3 Å². The van der Waals surface area contributed by atoms with E-state index in [1.807, 2.05) is 24.1 Å². The van der Waals surface area contributed by atoms with Crippen LogP contribution in [0.1, 0.15) is 28.9 Å². The van der Waals surface area contributed by atoms with Gasteiger partial charge in [0.1, 0.15) is 12.2 Å². The molecular formula is C34H44N10O3S. The Hall–Kier alpha value is -4.27. The number of piperidine rings is 1. The van der Waals surface area contributed by atoms with Crippen LogP contribution in [-0.2, 0) is 16.1 Å². The van der Waals surface area contributed by atoms with Gasteiger partial charge in [-0.1, -0.05) is 6.07 Å². The standard InChI is InChI=1S/C34H44N10O3S/c1-24-7-8-26(48-4)18-27(24)33-28(37-34(47)29-19-35-30-6-5-11-36-44(29)30)21-43(38-33)23-32(46)42-12-9-25(10-13-42)20-40-14-16-41(17-15-40)22-31(45)39(2)3/h5-8,11,18-19,21,25H,9-10,12-17,20,22-23H2,1-4H3,(H,37,47). The second-order valence-electron chi connectivity index (χ2n) is 12.9. The number of hydrogen-bond acceptors (Lipinski definition) is 9. The molecule has 0 spiro atoms. The van der Waals surface area contributed by atoms with Crippen LogP contribution in [0.3, 0.4) is 0 Å². The third kappa shape index (κ3) is 7.71. The van der Waals surface area contributed by atoms with E-state index in [1.165, 1.54) is 10.7 Å². The minimum absolute atomic E-state index is 0.0140. The lowest BCUT2D eigenvalue weighted by molar-refractivity contribution is -0.133. The van der Waals surface area contributed by atoms with Crippen molar-refractivity contribution in [1.29, 1.82) is 0 Å². The fraction of sp³-hybridized carbons (Fsp3) is 0.471. The molecule has 3 aromatic heterocycles. The largest absolute Gasteiger partial charge is 0.348 e. The van der Waals surface area contributed by atoms with Crippen LogP contribution in [0.25, 0.3) is 16.9 Å². The molecule has 4 aromatic rings. The van der Waals surface area contributed by atoms with Crippen LogP contribution in [0.5, 0.6) is 0 Å². The highest BCUT2D eigenvalue weighted by molar-refractivity contribution is 7.98. The molecule has 0 radical (unpaired) electrons. The molecule has 0 bridgehead atoms. The Morgan fingerprint density at radius 1 is 1.00 bits per heavy atom. The van der Waals surface area contributed by atoms with Crippen LogP contribution in [-0.4, -0.2) is 134 Å². The van der Waals surface area contributed by atoms with Gasteiger partial charge in [-0.2, -0.15) is 10.2 Å². The van der Waals surface area contributed by atoms with Gasteiger partial charge in [-0.05, 0) is 61.8 Å². The number of fused-ring (bicyclic) bond motifs is 1. The minimum Gasteiger partial charge on any atom is -0.348 e. The Labute approximate surface area is 285 Å². The normalized spacial score (nSPS) is 16.4. The number of carbonyl (C=O) groups excluding carboxylic acids is 3.